The van der Waals surface area contributed by atoms with Crippen molar-refractivity contribution in [1.82, 2.24) is 15.0 Å². The molecule has 3 rings (SSSR count). The number of primary amides is 1. The maximum absolute atomic E-state index is 12.3. The van der Waals surface area contributed by atoms with Gasteiger partial charge in [0.1, 0.15) is 5.82 Å². The summed E-state index contributed by atoms with van der Waals surface area (Å²) in [6, 6.07) is 0. The lowest BCUT2D eigenvalue weighted by Gasteiger charge is -2.19. The third-order valence-corrected chi connectivity index (χ3v) is 4.48. The number of aromatic nitrogens is 3. The van der Waals surface area contributed by atoms with Gasteiger partial charge in [0.25, 0.3) is 0 Å². The number of fused-ring (bicyclic) bond motifs is 1. The third kappa shape index (κ3) is 3.16. The number of hydrogen-bond donors (Lipinski definition) is 3. The molecule has 22 heavy (non-hydrogen) atoms. The molecule has 2 heterocycles. The van der Waals surface area contributed by atoms with Gasteiger partial charge in [-0.2, -0.15) is 0 Å². The summed E-state index contributed by atoms with van der Waals surface area (Å²) in [6.07, 6.45) is 2.35. The molecule has 1 atom stereocenters. The van der Waals surface area contributed by atoms with Gasteiger partial charge >= 0.3 is 0 Å². The van der Waals surface area contributed by atoms with Gasteiger partial charge in [-0.15, -0.1) is 11.3 Å². The highest BCUT2D eigenvalue weighted by Crippen LogP contribution is 2.25. The summed E-state index contributed by atoms with van der Waals surface area (Å²) >= 11 is 1.30. The van der Waals surface area contributed by atoms with Crippen LogP contribution >= 0.6 is 11.3 Å². The van der Waals surface area contributed by atoms with E-state index in [0.29, 0.717) is 17.2 Å². The van der Waals surface area contributed by atoms with Crippen LogP contribution in [0.2, 0.25) is 0 Å². The fourth-order valence-electron chi connectivity index (χ4n) is 2.68. The molecular formula is C14H17N5O2S. The molecule has 0 aromatic carbocycles. The number of carbonyl (C=O) groups excluding carboxylic acids is 2. The van der Waals surface area contributed by atoms with Gasteiger partial charge in [0.05, 0.1) is 17.8 Å². The fourth-order valence-corrected chi connectivity index (χ4v) is 3.39. The number of aryl methyl sites for hydroxylation is 2. The first kappa shape index (κ1) is 14.7. The maximum atomic E-state index is 12.3. The Morgan fingerprint density at radius 3 is 3.09 bits per heavy atom. The molecule has 0 saturated heterocycles. The minimum Gasteiger partial charge on any atom is -0.369 e. The standard InChI is InChI=1S/C14H17N5O2S/c1-7-16-10-3-2-8(4-11(10)17-7)13(21)19-14-18-9(6-22-14)5-12(15)20/h6,8H,2-5H2,1H3,(H2,15,20)(H,16,17)(H,18,19,21). The van der Waals surface area contributed by atoms with Crippen LogP contribution in [0.15, 0.2) is 5.38 Å². The topological polar surface area (TPSA) is 114 Å². The predicted molar refractivity (Wildman–Crippen MR) is 82.5 cm³/mol. The van der Waals surface area contributed by atoms with E-state index in [1.807, 2.05) is 6.92 Å². The van der Waals surface area contributed by atoms with Crippen LogP contribution in [0.1, 0.15) is 29.3 Å². The zero-order valence-corrected chi connectivity index (χ0v) is 13.0. The molecule has 0 aliphatic heterocycles. The second kappa shape index (κ2) is 5.88. The Bertz CT molecular complexity index is 721. The highest BCUT2D eigenvalue weighted by molar-refractivity contribution is 7.13. The minimum absolute atomic E-state index is 0.0436. The Kier molecular flexibility index (Phi) is 3.93. The van der Waals surface area contributed by atoms with Crippen molar-refractivity contribution < 1.29 is 9.59 Å². The van der Waals surface area contributed by atoms with Crippen molar-refractivity contribution in [3.05, 3.63) is 28.3 Å². The molecule has 0 saturated carbocycles. The second-order valence-electron chi connectivity index (χ2n) is 5.46. The SMILES string of the molecule is Cc1nc2c([nH]1)CC(C(=O)Nc1nc(CC(N)=O)cs1)CC2. The maximum Gasteiger partial charge on any atom is 0.229 e. The molecule has 2 aromatic rings. The van der Waals surface area contributed by atoms with Crippen LogP contribution < -0.4 is 11.1 Å². The molecule has 8 heteroatoms. The normalized spacial score (nSPS) is 17.0. The first-order valence-electron chi connectivity index (χ1n) is 7.09. The average molecular weight is 319 g/mol. The molecule has 0 fully saturated rings. The summed E-state index contributed by atoms with van der Waals surface area (Å²) in [5.74, 6) is 0.327. The quantitative estimate of drug-likeness (QED) is 0.778. The molecular weight excluding hydrogens is 302 g/mol. The molecule has 2 amide bonds. The van der Waals surface area contributed by atoms with Crippen molar-refractivity contribution in [1.29, 1.82) is 0 Å². The van der Waals surface area contributed by atoms with E-state index in [-0.39, 0.29) is 18.2 Å². The number of imidazole rings is 1. The van der Waals surface area contributed by atoms with E-state index >= 15 is 0 Å². The van der Waals surface area contributed by atoms with Gasteiger partial charge in [-0.3, -0.25) is 9.59 Å². The molecule has 7 nitrogen and oxygen atoms in total. The number of H-pyrrole nitrogens is 1. The zero-order valence-electron chi connectivity index (χ0n) is 12.2. The predicted octanol–water partition coefficient (Wildman–Crippen LogP) is 0.946. The molecule has 4 N–H and O–H groups in total. The summed E-state index contributed by atoms with van der Waals surface area (Å²) in [4.78, 5) is 35.0. The molecule has 1 aliphatic rings. The number of nitrogens with two attached hydrogens (primary N) is 1. The summed E-state index contributed by atoms with van der Waals surface area (Å²) < 4.78 is 0. The van der Waals surface area contributed by atoms with E-state index in [2.05, 4.69) is 20.3 Å². The molecule has 2 aromatic heterocycles. The number of amides is 2. The molecule has 0 spiro atoms. The van der Waals surface area contributed by atoms with Crippen LogP contribution in [0.25, 0.3) is 0 Å². The minimum atomic E-state index is -0.433. The van der Waals surface area contributed by atoms with Crippen LogP contribution in [0.3, 0.4) is 0 Å². The number of nitrogens with zero attached hydrogens (tertiary/aromatic N) is 2. The monoisotopic (exact) mass is 319 g/mol. The van der Waals surface area contributed by atoms with Crippen molar-refractivity contribution in [3.63, 3.8) is 0 Å². The van der Waals surface area contributed by atoms with Gasteiger partial charge in [0.15, 0.2) is 5.13 Å². The van der Waals surface area contributed by atoms with Gasteiger partial charge in [-0.1, -0.05) is 0 Å². The number of aromatic amines is 1. The Hall–Kier alpha value is -2.22. The summed E-state index contributed by atoms with van der Waals surface area (Å²) in [5, 5.41) is 5.07. The van der Waals surface area contributed by atoms with Crippen molar-refractivity contribution in [2.75, 3.05) is 5.32 Å². The lowest BCUT2D eigenvalue weighted by molar-refractivity contribution is -0.120. The highest BCUT2D eigenvalue weighted by Gasteiger charge is 2.27. The van der Waals surface area contributed by atoms with E-state index in [9.17, 15) is 9.59 Å². The van der Waals surface area contributed by atoms with E-state index in [1.54, 1.807) is 5.38 Å². The molecule has 1 unspecified atom stereocenters. The first-order chi connectivity index (χ1) is 10.5. The Balaban J connectivity index is 1.63. The van der Waals surface area contributed by atoms with Crippen LogP contribution in [0.5, 0.6) is 0 Å². The van der Waals surface area contributed by atoms with Crippen LogP contribution in [-0.4, -0.2) is 26.8 Å². The van der Waals surface area contributed by atoms with Crippen molar-refractivity contribution in [2.45, 2.75) is 32.6 Å². The molecule has 1 aliphatic carbocycles. The number of rotatable bonds is 4. The van der Waals surface area contributed by atoms with Gasteiger partial charge in [-0.25, -0.2) is 9.97 Å². The van der Waals surface area contributed by atoms with Gasteiger partial charge < -0.3 is 16.0 Å². The van der Waals surface area contributed by atoms with Gasteiger partial charge in [0.2, 0.25) is 11.8 Å². The Morgan fingerprint density at radius 2 is 2.32 bits per heavy atom. The number of nitrogens with one attached hydrogen (secondary N) is 2. The van der Waals surface area contributed by atoms with E-state index in [0.717, 1.165) is 30.1 Å². The lowest BCUT2D eigenvalue weighted by Crippen LogP contribution is -2.28. The molecule has 0 radical (unpaired) electrons. The zero-order chi connectivity index (χ0) is 15.7. The lowest BCUT2D eigenvalue weighted by atomic mass is 9.89. The Labute approximate surface area is 131 Å². The van der Waals surface area contributed by atoms with Crippen LogP contribution in [0, 0.1) is 12.8 Å². The van der Waals surface area contributed by atoms with Crippen LogP contribution in [0.4, 0.5) is 5.13 Å². The Morgan fingerprint density at radius 1 is 1.50 bits per heavy atom. The number of thiazole rings is 1. The van der Waals surface area contributed by atoms with Crippen molar-refractivity contribution in [3.8, 4) is 0 Å². The highest BCUT2D eigenvalue weighted by atomic mass is 32.1. The smallest absolute Gasteiger partial charge is 0.229 e. The third-order valence-electron chi connectivity index (χ3n) is 3.67. The summed E-state index contributed by atoms with van der Waals surface area (Å²) in [6.45, 7) is 1.92. The molecule has 0 bridgehead atoms. The fraction of sp³-hybridized carbons (Fsp3) is 0.429. The average Bonchev–Trinajstić information content (AvgIpc) is 3.02. The van der Waals surface area contributed by atoms with Crippen LogP contribution in [-0.2, 0) is 28.9 Å². The van der Waals surface area contributed by atoms with E-state index in [4.69, 9.17) is 5.73 Å². The second-order valence-corrected chi connectivity index (χ2v) is 6.32. The first-order valence-corrected chi connectivity index (χ1v) is 7.97. The van der Waals surface area contributed by atoms with Gasteiger partial charge in [-0.05, 0) is 19.8 Å². The summed E-state index contributed by atoms with van der Waals surface area (Å²) in [7, 11) is 0. The van der Waals surface area contributed by atoms with Gasteiger partial charge in [0, 0.05) is 23.4 Å². The number of carbonyl (C=O) groups is 2. The number of anilines is 1. The molecule has 116 valence electrons. The largest absolute Gasteiger partial charge is 0.369 e. The van der Waals surface area contributed by atoms with E-state index < -0.39 is 5.91 Å². The van der Waals surface area contributed by atoms with E-state index in [1.165, 1.54) is 11.3 Å². The summed E-state index contributed by atoms with van der Waals surface area (Å²) in [5.41, 5.74) is 7.84. The van der Waals surface area contributed by atoms with Crippen molar-refractivity contribution in [2.24, 2.45) is 11.7 Å². The number of hydrogen-bond acceptors (Lipinski definition) is 5. The van der Waals surface area contributed by atoms with Crippen molar-refractivity contribution >= 4 is 28.3 Å².